The number of nitrogens with zero attached hydrogens (tertiary/aromatic N) is 4. The predicted octanol–water partition coefficient (Wildman–Crippen LogP) is -0.436. The number of carbonyl (C=O) groups is 3. The summed E-state index contributed by atoms with van der Waals surface area (Å²) in [7, 11) is 0. The van der Waals surface area contributed by atoms with Crippen molar-refractivity contribution in [2.75, 3.05) is 44.2 Å². The Morgan fingerprint density at radius 3 is 2.50 bits per heavy atom. The quantitative estimate of drug-likeness (QED) is 0.581. The molecule has 3 aliphatic heterocycles. The zero-order valence-corrected chi connectivity index (χ0v) is 14.6. The Bertz CT molecular complexity index is 693. The maximum absolute atomic E-state index is 11.9. The van der Waals surface area contributed by atoms with E-state index in [0.717, 1.165) is 57.1 Å². The van der Waals surface area contributed by atoms with Gasteiger partial charge in [-0.15, -0.1) is 0 Å². The number of piperazine rings is 1. The molecule has 0 spiro atoms. The normalized spacial score (nSPS) is 25.0. The number of hydrogen-bond acceptors (Lipinski definition) is 6. The van der Waals surface area contributed by atoms with Crippen LogP contribution in [0.15, 0.2) is 18.3 Å². The molecule has 3 amide bonds. The monoisotopic (exact) mass is 357 g/mol. The van der Waals surface area contributed by atoms with Gasteiger partial charge in [0.05, 0.1) is 23.5 Å². The molecule has 8 nitrogen and oxygen atoms in total. The van der Waals surface area contributed by atoms with Gasteiger partial charge in [0.1, 0.15) is 0 Å². The Kier molecular flexibility index (Phi) is 4.58. The predicted molar refractivity (Wildman–Crippen MR) is 94.6 cm³/mol. The second-order valence-corrected chi connectivity index (χ2v) is 7.18. The first-order valence-corrected chi connectivity index (χ1v) is 9.12. The van der Waals surface area contributed by atoms with Gasteiger partial charge in [0.25, 0.3) is 0 Å². The van der Waals surface area contributed by atoms with E-state index < -0.39 is 0 Å². The Morgan fingerprint density at radius 2 is 1.88 bits per heavy atom. The first-order valence-electron chi connectivity index (χ1n) is 9.12. The molecule has 1 unspecified atom stereocenters. The number of anilines is 1. The highest BCUT2D eigenvalue weighted by atomic mass is 16.2. The zero-order valence-electron chi connectivity index (χ0n) is 14.6. The van der Waals surface area contributed by atoms with Crippen molar-refractivity contribution in [1.82, 2.24) is 20.1 Å². The minimum absolute atomic E-state index is 0.205. The summed E-state index contributed by atoms with van der Waals surface area (Å²) in [5.41, 5.74) is 1.78. The second kappa shape index (κ2) is 7.03. The minimum atomic E-state index is -0.333. The third-order valence-corrected chi connectivity index (χ3v) is 5.61. The summed E-state index contributed by atoms with van der Waals surface area (Å²) >= 11 is 0. The largest absolute Gasteiger partial charge is 0.367 e. The highest BCUT2D eigenvalue weighted by Crippen LogP contribution is 2.27. The van der Waals surface area contributed by atoms with Gasteiger partial charge in [-0.2, -0.15) is 0 Å². The number of imide groups is 1. The van der Waals surface area contributed by atoms with Gasteiger partial charge in [-0.1, -0.05) is 0 Å². The minimum Gasteiger partial charge on any atom is -0.367 e. The lowest BCUT2D eigenvalue weighted by Crippen LogP contribution is -2.63. The number of pyridine rings is 1. The van der Waals surface area contributed by atoms with Crippen molar-refractivity contribution in [1.29, 1.82) is 0 Å². The summed E-state index contributed by atoms with van der Waals surface area (Å²) in [5.74, 6) is -0.788. The Hall–Kier alpha value is -2.48. The van der Waals surface area contributed by atoms with Gasteiger partial charge in [-0.25, -0.2) is 0 Å². The fourth-order valence-electron chi connectivity index (χ4n) is 3.87. The number of rotatable bonds is 4. The molecule has 3 fully saturated rings. The van der Waals surface area contributed by atoms with Crippen molar-refractivity contribution in [2.24, 2.45) is 0 Å². The molecule has 0 aliphatic carbocycles. The summed E-state index contributed by atoms with van der Waals surface area (Å²) in [5, 5.41) is 2.38. The average molecular weight is 357 g/mol. The topological polar surface area (TPSA) is 85.9 Å². The first-order chi connectivity index (χ1) is 12.6. The maximum Gasteiger partial charge on any atom is 0.235 e. The van der Waals surface area contributed by atoms with Crippen LogP contribution in [0.5, 0.6) is 0 Å². The fraction of sp³-hybridized carbons (Fsp3) is 0.556. The summed E-state index contributed by atoms with van der Waals surface area (Å²) in [6.07, 6.45) is 3.64. The van der Waals surface area contributed by atoms with E-state index in [1.165, 1.54) is 0 Å². The molecular weight excluding hydrogens is 334 g/mol. The van der Waals surface area contributed by atoms with E-state index in [0.29, 0.717) is 18.9 Å². The van der Waals surface area contributed by atoms with E-state index in [1.54, 1.807) is 0 Å². The fourth-order valence-corrected chi connectivity index (χ4v) is 3.87. The van der Waals surface area contributed by atoms with Gasteiger partial charge in [-0.05, 0) is 18.6 Å². The van der Waals surface area contributed by atoms with Gasteiger partial charge in [-0.3, -0.25) is 29.6 Å². The molecule has 0 saturated carbocycles. The summed E-state index contributed by atoms with van der Waals surface area (Å²) in [6.45, 7) is 5.40. The molecule has 1 aromatic rings. The van der Waals surface area contributed by atoms with Gasteiger partial charge in [0.2, 0.25) is 18.2 Å². The van der Waals surface area contributed by atoms with Crippen molar-refractivity contribution >= 4 is 23.9 Å². The van der Waals surface area contributed by atoms with E-state index >= 15 is 0 Å². The maximum atomic E-state index is 11.9. The van der Waals surface area contributed by atoms with Crippen LogP contribution in [0.3, 0.4) is 0 Å². The number of aromatic nitrogens is 1. The lowest BCUT2D eigenvalue weighted by Gasteiger charge is -2.48. The van der Waals surface area contributed by atoms with Crippen LogP contribution in [0.1, 0.15) is 24.5 Å². The van der Waals surface area contributed by atoms with Gasteiger partial charge in [0.15, 0.2) is 0 Å². The molecule has 0 radical (unpaired) electrons. The van der Waals surface area contributed by atoms with Crippen molar-refractivity contribution < 1.29 is 14.4 Å². The molecule has 8 heteroatoms. The molecule has 3 aliphatic rings. The molecule has 1 atom stereocenters. The lowest BCUT2D eigenvalue weighted by atomic mass is 9.94. The molecule has 3 saturated heterocycles. The molecular formula is C18H23N5O3. The first kappa shape index (κ1) is 17.0. The average Bonchev–Trinajstić information content (AvgIpc) is 2.62. The van der Waals surface area contributed by atoms with Crippen molar-refractivity contribution in [3.8, 4) is 0 Å². The summed E-state index contributed by atoms with van der Waals surface area (Å²) in [6, 6.07) is 4.43. The molecule has 4 rings (SSSR count). The molecule has 1 N–H and O–H groups in total. The molecule has 0 bridgehead atoms. The van der Waals surface area contributed by atoms with E-state index in [2.05, 4.69) is 20.1 Å². The van der Waals surface area contributed by atoms with E-state index in [1.807, 2.05) is 23.2 Å². The standard InChI is InChI=1S/C18H23N5O3/c24-12-21-5-7-22(8-6-21)14-10-23(11-14)13-1-3-16(19-9-13)15-2-4-17(25)20-18(15)26/h1,3,9,12,14-15H,2,4-8,10-11H2,(H,20,25,26). The van der Waals surface area contributed by atoms with Crippen LogP contribution < -0.4 is 10.2 Å². The number of amides is 3. The van der Waals surface area contributed by atoms with Crippen molar-refractivity contribution in [3.63, 3.8) is 0 Å². The highest BCUT2D eigenvalue weighted by molar-refractivity contribution is 6.00. The number of hydrogen-bond donors (Lipinski definition) is 1. The Balaban J connectivity index is 1.31. The summed E-state index contributed by atoms with van der Waals surface area (Å²) < 4.78 is 0. The Morgan fingerprint density at radius 1 is 1.12 bits per heavy atom. The third-order valence-electron chi connectivity index (χ3n) is 5.61. The number of nitrogens with one attached hydrogen (secondary N) is 1. The van der Waals surface area contributed by atoms with Crippen LogP contribution in [0.4, 0.5) is 5.69 Å². The van der Waals surface area contributed by atoms with Gasteiger partial charge < -0.3 is 9.80 Å². The third kappa shape index (κ3) is 3.29. The van der Waals surface area contributed by atoms with Gasteiger partial charge >= 0.3 is 0 Å². The smallest absolute Gasteiger partial charge is 0.235 e. The Labute approximate surface area is 152 Å². The summed E-state index contributed by atoms with van der Waals surface area (Å²) in [4.78, 5) is 45.0. The van der Waals surface area contributed by atoms with Crippen LogP contribution in [-0.2, 0) is 14.4 Å². The van der Waals surface area contributed by atoms with Crippen molar-refractivity contribution in [3.05, 3.63) is 24.0 Å². The van der Waals surface area contributed by atoms with E-state index in [-0.39, 0.29) is 17.7 Å². The highest BCUT2D eigenvalue weighted by Gasteiger charge is 2.34. The second-order valence-electron chi connectivity index (χ2n) is 7.18. The molecule has 138 valence electrons. The van der Waals surface area contributed by atoms with Gasteiger partial charge in [0, 0.05) is 51.7 Å². The van der Waals surface area contributed by atoms with Crippen molar-refractivity contribution in [2.45, 2.75) is 24.8 Å². The van der Waals surface area contributed by atoms with Crippen LogP contribution in [0, 0.1) is 0 Å². The number of piperidine rings is 1. The van der Waals surface area contributed by atoms with Crippen LogP contribution in [0.2, 0.25) is 0 Å². The number of carbonyl (C=O) groups excluding carboxylic acids is 3. The van der Waals surface area contributed by atoms with E-state index in [9.17, 15) is 14.4 Å². The SMILES string of the molecule is O=CN1CCN(C2CN(c3ccc(C4CCC(=O)NC4=O)nc3)C2)CC1. The van der Waals surface area contributed by atoms with Crippen LogP contribution in [0.25, 0.3) is 0 Å². The van der Waals surface area contributed by atoms with E-state index in [4.69, 9.17) is 0 Å². The molecule has 26 heavy (non-hydrogen) atoms. The lowest BCUT2D eigenvalue weighted by molar-refractivity contribution is -0.134. The van der Waals surface area contributed by atoms with Crippen LogP contribution in [-0.4, -0.2) is 78.3 Å². The molecule has 1 aromatic heterocycles. The molecule has 0 aromatic carbocycles. The zero-order chi connectivity index (χ0) is 18.1. The van der Waals surface area contributed by atoms with Crippen LogP contribution >= 0.6 is 0 Å². The molecule has 4 heterocycles.